The van der Waals surface area contributed by atoms with Gasteiger partial charge in [0, 0.05) is 12.7 Å². The van der Waals surface area contributed by atoms with Crippen LogP contribution in [-0.2, 0) is 6.61 Å². The molecule has 6 heteroatoms. The van der Waals surface area contributed by atoms with Gasteiger partial charge in [-0.3, -0.25) is 9.78 Å². The van der Waals surface area contributed by atoms with Gasteiger partial charge in [0.15, 0.2) is 0 Å². The predicted octanol–water partition coefficient (Wildman–Crippen LogP) is 4.05. The smallest absolute Gasteiger partial charge is 0.263 e. The number of amides is 1. The van der Waals surface area contributed by atoms with E-state index in [2.05, 4.69) is 21.4 Å². The monoisotopic (exact) mass is 357 g/mol. The van der Waals surface area contributed by atoms with Crippen molar-refractivity contribution in [1.29, 1.82) is 0 Å². The number of allylic oxidation sites excluding steroid dienone is 1. The number of carbonyl (C=O) groups is 1. The van der Waals surface area contributed by atoms with Gasteiger partial charge < -0.3 is 10.1 Å². The number of pyridine rings is 1. The quantitative estimate of drug-likeness (QED) is 0.760. The first kappa shape index (κ1) is 17.6. The van der Waals surface area contributed by atoms with E-state index < -0.39 is 0 Å². The Morgan fingerprint density at radius 2 is 2.32 bits per heavy atom. The minimum absolute atomic E-state index is 0.0426. The van der Waals surface area contributed by atoms with E-state index in [-0.39, 0.29) is 5.91 Å². The van der Waals surface area contributed by atoms with Gasteiger partial charge in [0.1, 0.15) is 22.2 Å². The number of ether oxygens (including phenoxy) is 1. The van der Waals surface area contributed by atoms with Crippen LogP contribution in [0.3, 0.4) is 0 Å². The summed E-state index contributed by atoms with van der Waals surface area (Å²) in [7, 11) is 0. The SMILES string of the molecule is Cc1nc(COc2cccnc2)sc1C(=O)NCCC1=CCCCC1. The number of rotatable bonds is 7. The van der Waals surface area contributed by atoms with E-state index in [1.54, 1.807) is 12.4 Å². The molecule has 2 heterocycles. The van der Waals surface area contributed by atoms with E-state index in [4.69, 9.17) is 4.74 Å². The molecule has 2 aromatic heterocycles. The van der Waals surface area contributed by atoms with Crippen LogP contribution in [0.2, 0.25) is 0 Å². The molecule has 0 unspecified atom stereocenters. The highest BCUT2D eigenvalue weighted by Gasteiger charge is 2.15. The molecule has 3 rings (SSSR count). The van der Waals surface area contributed by atoms with Crippen LogP contribution in [0.5, 0.6) is 5.75 Å². The van der Waals surface area contributed by atoms with E-state index in [0.29, 0.717) is 23.8 Å². The minimum Gasteiger partial charge on any atom is -0.485 e. The number of hydrogen-bond donors (Lipinski definition) is 1. The Bertz CT molecular complexity index is 740. The summed E-state index contributed by atoms with van der Waals surface area (Å²) in [6.07, 6.45) is 11.5. The maximum absolute atomic E-state index is 12.4. The summed E-state index contributed by atoms with van der Waals surface area (Å²) in [5, 5.41) is 3.81. The summed E-state index contributed by atoms with van der Waals surface area (Å²) in [6.45, 7) is 2.89. The molecule has 0 saturated heterocycles. The predicted molar refractivity (Wildman–Crippen MR) is 98.9 cm³/mol. The van der Waals surface area contributed by atoms with Crippen LogP contribution >= 0.6 is 11.3 Å². The Morgan fingerprint density at radius 1 is 1.40 bits per heavy atom. The average Bonchev–Trinajstić information content (AvgIpc) is 3.02. The van der Waals surface area contributed by atoms with Crippen LogP contribution in [0, 0.1) is 6.92 Å². The fraction of sp³-hybridized carbons (Fsp3) is 0.421. The molecule has 0 spiro atoms. The Hall–Kier alpha value is -2.21. The molecular weight excluding hydrogens is 334 g/mol. The third-order valence-electron chi connectivity index (χ3n) is 4.16. The largest absolute Gasteiger partial charge is 0.485 e. The van der Waals surface area contributed by atoms with Crippen molar-refractivity contribution < 1.29 is 9.53 Å². The normalized spacial score (nSPS) is 14.0. The van der Waals surface area contributed by atoms with Crippen LogP contribution in [0.25, 0.3) is 0 Å². The average molecular weight is 357 g/mol. The molecule has 0 fully saturated rings. The first-order chi connectivity index (χ1) is 12.2. The second-order valence-electron chi connectivity index (χ2n) is 6.11. The Labute approximate surface area is 152 Å². The number of nitrogens with zero attached hydrogens (tertiary/aromatic N) is 2. The van der Waals surface area contributed by atoms with Crippen molar-refractivity contribution in [2.75, 3.05) is 6.54 Å². The highest BCUT2D eigenvalue weighted by Crippen LogP contribution is 2.21. The molecule has 1 aliphatic carbocycles. The van der Waals surface area contributed by atoms with Crippen molar-refractivity contribution in [1.82, 2.24) is 15.3 Å². The molecule has 1 aliphatic rings. The van der Waals surface area contributed by atoms with Gasteiger partial charge in [-0.2, -0.15) is 0 Å². The second kappa shape index (κ2) is 8.76. The lowest BCUT2D eigenvalue weighted by atomic mass is 9.97. The second-order valence-corrected chi connectivity index (χ2v) is 7.20. The first-order valence-electron chi connectivity index (χ1n) is 8.67. The molecule has 5 nitrogen and oxygen atoms in total. The summed E-state index contributed by atoms with van der Waals surface area (Å²) in [5.74, 6) is 0.654. The van der Waals surface area contributed by atoms with Gasteiger partial charge in [-0.25, -0.2) is 4.98 Å². The summed E-state index contributed by atoms with van der Waals surface area (Å²) in [6, 6.07) is 3.67. The standard InChI is InChI=1S/C19H23N3O2S/c1-14-18(19(23)21-11-9-15-6-3-2-4-7-15)25-17(22-14)13-24-16-8-5-10-20-12-16/h5-6,8,10,12H,2-4,7,9,11,13H2,1H3,(H,21,23). The zero-order valence-corrected chi connectivity index (χ0v) is 15.3. The number of aromatic nitrogens is 2. The van der Waals surface area contributed by atoms with Crippen molar-refractivity contribution in [3.63, 3.8) is 0 Å². The van der Waals surface area contributed by atoms with Crippen LogP contribution in [0.4, 0.5) is 0 Å². The molecule has 0 saturated carbocycles. The first-order valence-corrected chi connectivity index (χ1v) is 9.49. The summed E-state index contributed by atoms with van der Waals surface area (Å²) in [4.78, 5) is 21.5. The van der Waals surface area contributed by atoms with E-state index in [1.165, 1.54) is 42.6 Å². The fourth-order valence-corrected chi connectivity index (χ4v) is 3.75. The number of aryl methyl sites for hydroxylation is 1. The molecular formula is C19H23N3O2S. The number of hydrogen-bond acceptors (Lipinski definition) is 5. The molecule has 1 N–H and O–H groups in total. The number of thiazole rings is 1. The van der Waals surface area contributed by atoms with Gasteiger partial charge in [0.2, 0.25) is 0 Å². The van der Waals surface area contributed by atoms with Gasteiger partial charge in [0.25, 0.3) is 5.91 Å². The third kappa shape index (κ3) is 5.13. The molecule has 0 bridgehead atoms. The van der Waals surface area contributed by atoms with Crippen molar-refractivity contribution in [2.24, 2.45) is 0 Å². The molecule has 0 atom stereocenters. The molecule has 25 heavy (non-hydrogen) atoms. The Balaban J connectivity index is 1.50. The zero-order valence-electron chi connectivity index (χ0n) is 14.5. The Morgan fingerprint density at radius 3 is 3.08 bits per heavy atom. The van der Waals surface area contributed by atoms with Crippen LogP contribution in [0.1, 0.15) is 52.5 Å². The topological polar surface area (TPSA) is 64.1 Å². The zero-order chi connectivity index (χ0) is 17.5. The van der Waals surface area contributed by atoms with Crippen molar-refractivity contribution >= 4 is 17.2 Å². The highest BCUT2D eigenvalue weighted by atomic mass is 32.1. The highest BCUT2D eigenvalue weighted by molar-refractivity contribution is 7.13. The molecule has 0 radical (unpaired) electrons. The third-order valence-corrected chi connectivity index (χ3v) is 5.29. The lowest BCUT2D eigenvalue weighted by Gasteiger charge is -2.12. The van der Waals surface area contributed by atoms with Gasteiger partial charge in [-0.1, -0.05) is 11.6 Å². The van der Waals surface area contributed by atoms with Gasteiger partial charge in [0.05, 0.1) is 11.9 Å². The Kier molecular flexibility index (Phi) is 6.17. The minimum atomic E-state index is -0.0426. The molecule has 0 aromatic carbocycles. The molecule has 0 aliphatic heterocycles. The van der Waals surface area contributed by atoms with E-state index in [9.17, 15) is 4.79 Å². The number of nitrogens with one attached hydrogen (secondary N) is 1. The molecule has 1 amide bonds. The lowest BCUT2D eigenvalue weighted by molar-refractivity contribution is 0.0957. The summed E-state index contributed by atoms with van der Waals surface area (Å²) < 4.78 is 5.65. The maximum Gasteiger partial charge on any atom is 0.263 e. The maximum atomic E-state index is 12.4. The molecule has 132 valence electrons. The summed E-state index contributed by atoms with van der Waals surface area (Å²) in [5.41, 5.74) is 2.22. The van der Waals surface area contributed by atoms with E-state index in [0.717, 1.165) is 17.1 Å². The van der Waals surface area contributed by atoms with Crippen LogP contribution in [-0.4, -0.2) is 22.4 Å². The summed E-state index contributed by atoms with van der Waals surface area (Å²) >= 11 is 1.39. The van der Waals surface area contributed by atoms with Gasteiger partial charge >= 0.3 is 0 Å². The van der Waals surface area contributed by atoms with Crippen molar-refractivity contribution in [2.45, 2.75) is 45.6 Å². The van der Waals surface area contributed by atoms with Crippen molar-refractivity contribution in [3.05, 3.63) is 51.8 Å². The lowest BCUT2D eigenvalue weighted by Crippen LogP contribution is -2.24. The number of carbonyl (C=O) groups excluding carboxylic acids is 1. The van der Waals surface area contributed by atoms with Crippen LogP contribution < -0.4 is 10.1 Å². The fourth-order valence-electron chi connectivity index (χ4n) is 2.85. The molecule has 2 aromatic rings. The van der Waals surface area contributed by atoms with Gasteiger partial charge in [-0.05, 0) is 51.2 Å². The van der Waals surface area contributed by atoms with E-state index >= 15 is 0 Å². The van der Waals surface area contributed by atoms with Crippen LogP contribution in [0.15, 0.2) is 36.2 Å². The van der Waals surface area contributed by atoms with E-state index in [1.807, 2.05) is 19.1 Å². The van der Waals surface area contributed by atoms with Gasteiger partial charge in [-0.15, -0.1) is 11.3 Å². The van der Waals surface area contributed by atoms with Crippen molar-refractivity contribution in [3.8, 4) is 5.75 Å².